The van der Waals surface area contributed by atoms with E-state index in [0.29, 0.717) is 6.04 Å². The summed E-state index contributed by atoms with van der Waals surface area (Å²) in [7, 11) is 1.83. The molecule has 1 aliphatic carbocycles. The van der Waals surface area contributed by atoms with Gasteiger partial charge in [-0.25, -0.2) is 4.68 Å². The Morgan fingerprint density at radius 1 is 1.55 bits per heavy atom. The Morgan fingerprint density at radius 2 is 2.36 bits per heavy atom. The maximum absolute atomic E-state index is 3.83. The summed E-state index contributed by atoms with van der Waals surface area (Å²) in [6, 6.07) is 0.597. The number of aryl methyl sites for hydroxylation is 1. The summed E-state index contributed by atoms with van der Waals surface area (Å²) in [6.45, 7) is 0. The van der Waals surface area contributed by atoms with E-state index in [4.69, 9.17) is 0 Å². The number of hydrogen-bond acceptors (Lipinski definition) is 4. The van der Waals surface area contributed by atoms with Gasteiger partial charge in [-0.1, -0.05) is 5.10 Å². The van der Waals surface area contributed by atoms with Crippen LogP contribution in [0.4, 0.5) is 5.95 Å². The molecule has 0 spiro atoms. The maximum Gasteiger partial charge on any atom is 0.242 e. The van der Waals surface area contributed by atoms with Gasteiger partial charge >= 0.3 is 0 Å². The fourth-order valence-corrected chi connectivity index (χ4v) is 1.09. The second-order valence-corrected chi connectivity index (χ2v) is 2.90. The van der Waals surface area contributed by atoms with Crippen LogP contribution in [0, 0.1) is 0 Å². The summed E-state index contributed by atoms with van der Waals surface area (Å²) < 4.78 is 1.65. The smallest absolute Gasteiger partial charge is 0.242 e. The molecule has 5 heteroatoms. The predicted octanol–water partition coefficient (Wildman–Crippen LogP) is 0.174. The SMILES string of the molecule is Cn1nnnc1NC1CCC1. The van der Waals surface area contributed by atoms with E-state index < -0.39 is 0 Å². The molecule has 1 N–H and O–H groups in total. The zero-order valence-electron chi connectivity index (χ0n) is 6.49. The third-order valence-corrected chi connectivity index (χ3v) is 2.06. The van der Waals surface area contributed by atoms with Crippen molar-refractivity contribution in [3.8, 4) is 0 Å². The van der Waals surface area contributed by atoms with E-state index in [2.05, 4.69) is 20.8 Å². The topological polar surface area (TPSA) is 55.6 Å². The van der Waals surface area contributed by atoms with Crippen LogP contribution in [0.15, 0.2) is 0 Å². The van der Waals surface area contributed by atoms with Crippen LogP contribution in [0.25, 0.3) is 0 Å². The standard InChI is InChI=1S/C6H11N5/c1-11-6(8-9-10-11)7-5-3-2-4-5/h5H,2-4H2,1H3,(H,7,8,10). The second-order valence-electron chi connectivity index (χ2n) is 2.90. The Balaban J connectivity index is 1.99. The first kappa shape index (κ1) is 6.57. The lowest BCUT2D eigenvalue weighted by Gasteiger charge is -2.25. The summed E-state index contributed by atoms with van der Waals surface area (Å²) in [5, 5.41) is 14.3. The summed E-state index contributed by atoms with van der Waals surface area (Å²) in [6.07, 6.45) is 3.81. The lowest BCUT2D eigenvalue weighted by Crippen LogP contribution is -2.28. The van der Waals surface area contributed by atoms with E-state index in [1.807, 2.05) is 7.05 Å². The fraction of sp³-hybridized carbons (Fsp3) is 0.833. The van der Waals surface area contributed by atoms with Crippen molar-refractivity contribution in [3.63, 3.8) is 0 Å². The van der Waals surface area contributed by atoms with Crippen molar-refractivity contribution in [2.24, 2.45) is 7.05 Å². The quantitative estimate of drug-likeness (QED) is 0.658. The Kier molecular flexibility index (Phi) is 1.48. The van der Waals surface area contributed by atoms with Crippen molar-refractivity contribution in [1.29, 1.82) is 0 Å². The molecule has 1 aliphatic rings. The monoisotopic (exact) mass is 153 g/mol. The summed E-state index contributed by atoms with van der Waals surface area (Å²) in [4.78, 5) is 0. The number of tetrazole rings is 1. The fourth-order valence-electron chi connectivity index (χ4n) is 1.09. The molecular weight excluding hydrogens is 142 g/mol. The van der Waals surface area contributed by atoms with Crippen molar-refractivity contribution in [3.05, 3.63) is 0 Å². The minimum absolute atomic E-state index is 0.597. The zero-order valence-corrected chi connectivity index (χ0v) is 6.49. The van der Waals surface area contributed by atoms with Gasteiger partial charge in [0.15, 0.2) is 0 Å². The Bertz CT molecular complexity index is 239. The van der Waals surface area contributed by atoms with Crippen molar-refractivity contribution in [1.82, 2.24) is 20.2 Å². The van der Waals surface area contributed by atoms with E-state index in [9.17, 15) is 0 Å². The third-order valence-electron chi connectivity index (χ3n) is 2.06. The molecule has 1 fully saturated rings. The van der Waals surface area contributed by atoms with Gasteiger partial charge in [0.25, 0.3) is 0 Å². The molecule has 0 aromatic carbocycles. The Hall–Kier alpha value is -1.13. The number of anilines is 1. The molecule has 0 saturated heterocycles. The van der Waals surface area contributed by atoms with Gasteiger partial charge in [0.1, 0.15) is 0 Å². The average Bonchev–Trinajstić information content (AvgIpc) is 2.27. The number of nitrogens with zero attached hydrogens (tertiary/aromatic N) is 4. The van der Waals surface area contributed by atoms with Crippen LogP contribution in [0.3, 0.4) is 0 Å². The van der Waals surface area contributed by atoms with Crippen LogP contribution in [0.5, 0.6) is 0 Å². The minimum Gasteiger partial charge on any atom is -0.350 e. The second kappa shape index (κ2) is 2.48. The van der Waals surface area contributed by atoms with Gasteiger partial charge < -0.3 is 5.32 Å². The molecule has 1 aromatic rings. The highest BCUT2D eigenvalue weighted by atomic mass is 15.6. The first-order valence-corrected chi connectivity index (χ1v) is 3.85. The molecule has 0 atom stereocenters. The van der Waals surface area contributed by atoms with E-state index in [0.717, 1.165) is 5.95 Å². The van der Waals surface area contributed by atoms with E-state index in [-0.39, 0.29) is 0 Å². The molecule has 0 radical (unpaired) electrons. The molecule has 0 aliphatic heterocycles. The summed E-state index contributed by atoms with van der Waals surface area (Å²) in [5.41, 5.74) is 0. The summed E-state index contributed by atoms with van der Waals surface area (Å²) in [5.74, 6) is 0.773. The molecule has 0 unspecified atom stereocenters. The Labute approximate surface area is 64.8 Å². The normalized spacial score (nSPS) is 17.9. The van der Waals surface area contributed by atoms with Crippen LogP contribution < -0.4 is 5.32 Å². The average molecular weight is 153 g/mol. The molecule has 2 rings (SSSR count). The summed E-state index contributed by atoms with van der Waals surface area (Å²) >= 11 is 0. The van der Waals surface area contributed by atoms with Crippen molar-refractivity contribution >= 4 is 5.95 Å². The Morgan fingerprint density at radius 3 is 2.82 bits per heavy atom. The molecule has 0 bridgehead atoms. The molecule has 5 nitrogen and oxygen atoms in total. The first-order valence-electron chi connectivity index (χ1n) is 3.85. The van der Waals surface area contributed by atoms with Crippen molar-refractivity contribution in [2.75, 3.05) is 5.32 Å². The molecule has 1 heterocycles. The number of aromatic nitrogens is 4. The van der Waals surface area contributed by atoms with Crippen molar-refractivity contribution < 1.29 is 0 Å². The van der Waals surface area contributed by atoms with Gasteiger partial charge in [-0.3, -0.25) is 0 Å². The molecular formula is C6H11N5. The van der Waals surface area contributed by atoms with Gasteiger partial charge in [-0.15, -0.1) is 0 Å². The molecule has 1 aromatic heterocycles. The highest BCUT2D eigenvalue weighted by molar-refractivity contribution is 5.24. The first-order chi connectivity index (χ1) is 5.36. The number of nitrogens with one attached hydrogen (secondary N) is 1. The van der Waals surface area contributed by atoms with Gasteiger partial charge in [-0.2, -0.15) is 0 Å². The maximum atomic E-state index is 3.83. The van der Waals surface area contributed by atoms with Gasteiger partial charge in [0, 0.05) is 13.1 Å². The highest BCUT2D eigenvalue weighted by Crippen LogP contribution is 2.21. The van der Waals surface area contributed by atoms with Gasteiger partial charge in [0.05, 0.1) is 0 Å². The number of rotatable bonds is 2. The largest absolute Gasteiger partial charge is 0.350 e. The van der Waals surface area contributed by atoms with Gasteiger partial charge in [-0.05, 0) is 29.7 Å². The van der Waals surface area contributed by atoms with Crippen molar-refractivity contribution in [2.45, 2.75) is 25.3 Å². The molecule has 11 heavy (non-hydrogen) atoms. The lowest BCUT2D eigenvalue weighted by molar-refractivity contribution is 0.441. The van der Waals surface area contributed by atoms with Crippen LogP contribution in [-0.4, -0.2) is 26.2 Å². The van der Waals surface area contributed by atoms with Crippen LogP contribution >= 0.6 is 0 Å². The van der Waals surface area contributed by atoms with E-state index in [1.54, 1.807) is 4.68 Å². The number of hydrogen-bond donors (Lipinski definition) is 1. The van der Waals surface area contributed by atoms with Crippen LogP contribution in [0.1, 0.15) is 19.3 Å². The van der Waals surface area contributed by atoms with E-state index in [1.165, 1.54) is 19.3 Å². The molecule has 0 amide bonds. The van der Waals surface area contributed by atoms with Crippen LogP contribution in [0.2, 0.25) is 0 Å². The van der Waals surface area contributed by atoms with E-state index >= 15 is 0 Å². The molecule has 1 saturated carbocycles. The van der Waals surface area contributed by atoms with Gasteiger partial charge in [0.2, 0.25) is 5.95 Å². The predicted molar refractivity (Wildman–Crippen MR) is 40.1 cm³/mol. The third kappa shape index (κ3) is 1.18. The molecule has 60 valence electrons. The lowest BCUT2D eigenvalue weighted by atomic mass is 9.93. The zero-order chi connectivity index (χ0) is 7.68. The highest BCUT2D eigenvalue weighted by Gasteiger charge is 2.18. The van der Waals surface area contributed by atoms with Crippen LogP contribution in [-0.2, 0) is 7.05 Å². The minimum atomic E-state index is 0.597.